The molecular weight excluding hydrogens is 352 g/mol. The molecule has 4 aromatic carbocycles. The lowest BCUT2D eigenvalue weighted by Gasteiger charge is -2.07. The molecule has 0 unspecified atom stereocenters. The van der Waals surface area contributed by atoms with Crippen molar-refractivity contribution in [2.45, 2.75) is 14.7 Å². The lowest BCUT2D eigenvalue weighted by atomic mass is 10.1. The fourth-order valence-electron chi connectivity index (χ4n) is 2.75. The van der Waals surface area contributed by atoms with E-state index in [2.05, 4.69) is 115 Å². The second-order valence-corrected chi connectivity index (χ2v) is 9.49. The summed E-state index contributed by atoms with van der Waals surface area (Å²) < 4.78 is 0. The van der Waals surface area contributed by atoms with Gasteiger partial charge >= 0.3 is 0 Å². The highest BCUT2D eigenvalue weighted by Gasteiger charge is 2.28. The van der Waals surface area contributed by atoms with Gasteiger partial charge in [0.05, 0.1) is 4.90 Å². The molecule has 0 fully saturated rings. The van der Waals surface area contributed by atoms with Crippen molar-refractivity contribution in [2.24, 2.45) is 0 Å². The van der Waals surface area contributed by atoms with E-state index in [1.807, 2.05) is 10.8 Å². The Balaban J connectivity index is 1.62. The van der Waals surface area contributed by atoms with Gasteiger partial charge < -0.3 is 0 Å². The highest BCUT2D eigenvalue weighted by atomic mass is 33.1. The van der Waals surface area contributed by atoms with Crippen molar-refractivity contribution in [3.63, 3.8) is 0 Å². The molecule has 0 bridgehead atoms. The molecule has 0 N–H and O–H groups in total. The van der Waals surface area contributed by atoms with E-state index in [0.29, 0.717) is 0 Å². The smallest absolute Gasteiger partial charge is 0.0622 e. The average molecular weight is 372 g/mol. The van der Waals surface area contributed by atoms with Crippen molar-refractivity contribution in [1.82, 2.24) is 0 Å². The predicted molar refractivity (Wildman–Crippen MR) is 115 cm³/mol. The Morgan fingerprint density at radius 1 is 0.423 bits per heavy atom. The van der Waals surface area contributed by atoms with Crippen molar-refractivity contribution < 1.29 is 0 Å². The summed E-state index contributed by atoms with van der Waals surface area (Å²) in [4.78, 5) is 4.01. The third-order valence-electron chi connectivity index (χ3n) is 4.06. The van der Waals surface area contributed by atoms with Gasteiger partial charge in [0.15, 0.2) is 9.79 Å². The Bertz CT molecular complexity index is 894. The van der Waals surface area contributed by atoms with Crippen LogP contribution >= 0.6 is 10.8 Å². The average Bonchev–Trinajstić information content (AvgIpc) is 2.74. The molecule has 0 aliphatic rings. The topological polar surface area (TPSA) is 0 Å². The highest BCUT2D eigenvalue weighted by molar-refractivity contribution is 8.74. The van der Waals surface area contributed by atoms with E-state index < -0.39 is 0 Å². The maximum Gasteiger partial charge on any atom is 0.174 e. The number of hydrogen-bond donors (Lipinski definition) is 0. The van der Waals surface area contributed by atoms with Gasteiger partial charge in [0.2, 0.25) is 0 Å². The van der Waals surface area contributed by atoms with E-state index in [1.165, 1.54) is 25.8 Å². The van der Waals surface area contributed by atoms with Gasteiger partial charge in [0.25, 0.3) is 0 Å². The Hall–Kier alpha value is -2.42. The summed E-state index contributed by atoms with van der Waals surface area (Å²) in [5, 5.41) is 0. The van der Waals surface area contributed by atoms with Crippen LogP contribution in [0.1, 0.15) is 0 Å². The first-order valence-corrected chi connectivity index (χ1v) is 11.1. The second kappa shape index (κ2) is 8.31. The van der Waals surface area contributed by atoms with Crippen LogP contribution in [0.25, 0.3) is 11.1 Å². The Kier molecular flexibility index (Phi) is 5.44. The van der Waals surface area contributed by atoms with E-state index in [9.17, 15) is 0 Å². The molecule has 126 valence electrons. The number of hydrogen-bond acceptors (Lipinski definition) is 1. The van der Waals surface area contributed by atoms with Crippen molar-refractivity contribution in [2.75, 3.05) is 0 Å². The van der Waals surface area contributed by atoms with Gasteiger partial charge in [-0.05, 0) is 47.5 Å². The zero-order valence-corrected chi connectivity index (χ0v) is 15.9. The van der Waals surface area contributed by atoms with Gasteiger partial charge in [-0.3, -0.25) is 0 Å². The van der Waals surface area contributed by atoms with E-state index in [0.717, 1.165) is 0 Å². The lowest BCUT2D eigenvalue weighted by molar-refractivity contribution is 1.39. The second-order valence-electron chi connectivity index (χ2n) is 5.87. The fraction of sp³-hybridized carbons (Fsp3) is 0. The molecule has 2 heteroatoms. The maximum absolute atomic E-state index is 2.24. The summed E-state index contributed by atoms with van der Waals surface area (Å²) in [7, 11) is 1.89. The van der Waals surface area contributed by atoms with Crippen LogP contribution in [-0.4, -0.2) is 0 Å². The first-order valence-electron chi connectivity index (χ1n) is 8.58. The van der Waals surface area contributed by atoms with E-state index in [4.69, 9.17) is 0 Å². The third kappa shape index (κ3) is 4.04. The van der Waals surface area contributed by atoms with Gasteiger partial charge in [-0.25, -0.2) is 0 Å². The van der Waals surface area contributed by atoms with Crippen LogP contribution in [-0.2, 0) is 9.93 Å². The fourth-order valence-corrected chi connectivity index (χ4v) is 6.62. The maximum atomic E-state index is 2.24. The van der Waals surface area contributed by atoms with Crippen LogP contribution in [0.2, 0.25) is 0 Å². The molecule has 0 saturated heterocycles. The van der Waals surface area contributed by atoms with Crippen LogP contribution in [0.3, 0.4) is 0 Å². The molecule has 0 radical (unpaired) electrons. The van der Waals surface area contributed by atoms with Gasteiger partial charge in [0.1, 0.15) is 20.7 Å². The molecule has 0 amide bonds. The third-order valence-corrected chi connectivity index (χ3v) is 8.32. The Morgan fingerprint density at radius 3 is 1.35 bits per heavy atom. The van der Waals surface area contributed by atoms with Gasteiger partial charge in [0, 0.05) is 0 Å². The van der Waals surface area contributed by atoms with Crippen LogP contribution in [0.4, 0.5) is 0 Å². The monoisotopic (exact) mass is 371 g/mol. The van der Waals surface area contributed by atoms with Gasteiger partial charge in [-0.1, -0.05) is 78.9 Å². The molecule has 4 rings (SSSR count). The van der Waals surface area contributed by atoms with E-state index in [1.54, 1.807) is 0 Å². The highest BCUT2D eigenvalue weighted by Crippen LogP contribution is 2.39. The van der Waals surface area contributed by atoms with Crippen molar-refractivity contribution in [1.29, 1.82) is 0 Å². The molecule has 0 aromatic heterocycles. The standard InChI is InChI=1S/C24H19S2/c1-4-10-20(11-5-1)21-16-18-22(19-17-21)25-26(23-12-6-2-7-13-23)24-14-8-3-9-15-24/h1-19H/q+1. The molecule has 4 aromatic rings. The van der Waals surface area contributed by atoms with Crippen molar-refractivity contribution in [3.8, 4) is 11.1 Å². The summed E-state index contributed by atoms with van der Waals surface area (Å²) in [6.45, 7) is 0. The molecule has 0 heterocycles. The SMILES string of the molecule is c1ccc(-c2ccc(S[S+](c3ccccc3)c3ccccc3)cc2)cc1. The number of benzene rings is 4. The summed E-state index contributed by atoms with van der Waals surface area (Å²) >= 11 is 0. The lowest BCUT2D eigenvalue weighted by Crippen LogP contribution is -1.98. The zero-order chi connectivity index (χ0) is 17.6. The van der Waals surface area contributed by atoms with Crippen LogP contribution in [0.15, 0.2) is 130 Å². The van der Waals surface area contributed by atoms with Gasteiger partial charge in [-0.2, -0.15) is 0 Å². The minimum Gasteiger partial charge on any atom is -0.0622 e. The quantitative estimate of drug-likeness (QED) is 0.266. The molecule has 0 aliphatic heterocycles. The zero-order valence-electron chi connectivity index (χ0n) is 14.3. The molecule has 0 nitrogen and oxygen atoms in total. The molecule has 0 spiro atoms. The molecule has 0 atom stereocenters. The number of rotatable bonds is 5. The Morgan fingerprint density at radius 2 is 0.846 bits per heavy atom. The van der Waals surface area contributed by atoms with Crippen LogP contribution in [0.5, 0.6) is 0 Å². The molecule has 0 saturated carbocycles. The van der Waals surface area contributed by atoms with Gasteiger partial charge in [-0.15, -0.1) is 0 Å². The van der Waals surface area contributed by atoms with E-state index in [-0.39, 0.29) is 9.93 Å². The summed E-state index contributed by atoms with van der Waals surface area (Å²) in [6, 6.07) is 41.0. The summed E-state index contributed by atoms with van der Waals surface area (Å²) in [5.41, 5.74) is 2.52. The van der Waals surface area contributed by atoms with Crippen LogP contribution in [0, 0.1) is 0 Å². The molecule has 26 heavy (non-hydrogen) atoms. The van der Waals surface area contributed by atoms with Crippen molar-refractivity contribution in [3.05, 3.63) is 115 Å². The van der Waals surface area contributed by atoms with E-state index >= 15 is 0 Å². The summed E-state index contributed by atoms with van der Waals surface area (Å²) in [5.74, 6) is 0. The molecule has 0 aliphatic carbocycles. The summed E-state index contributed by atoms with van der Waals surface area (Å²) in [6.07, 6.45) is 0. The largest absolute Gasteiger partial charge is 0.174 e. The molecular formula is C24H19S2+. The minimum absolute atomic E-state index is 0.0367. The Labute approximate surface area is 161 Å². The predicted octanol–water partition coefficient (Wildman–Crippen LogP) is 7.10. The first kappa shape index (κ1) is 17.0. The van der Waals surface area contributed by atoms with Crippen molar-refractivity contribution >= 4 is 20.7 Å². The first-order chi connectivity index (χ1) is 12.9. The normalized spacial score (nSPS) is 10.8. The van der Waals surface area contributed by atoms with Crippen LogP contribution < -0.4 is 0 Å². The minimum atomic E-state index is -0.0367.